The Morgan fingerprint density at radius 1 is 1.46 bits per heavy atom. The fraction of sp³-hybridized carbons (Fsp3) is 0.250. The van der Waals surface area contributed by atoms with Crippen molar-refractivity contribution in [3.05, 3.63) is 17.2 Å². The van der Waals surface area contributed by atoms with Crippen LogP contribution in [0.15, 0.2) is 17.0 Å². The molecule has 0 spiro atoms. The Morgan fingerprint density at radius 3 is 2.62 bits per heavy atom. The molecular weight excluding hydrogens is 208 g/mol. The number of nitrogens with zero attached hydrogens (tertiary/aromatic N) is 1. The van der Waals surface area contributed by atoms with Crippen LogP contribution in [0.3, 0.4) is 0 Å². The van der Waals surface area contributed by atoms with Gasteiger partial charge in [-0.25, -0.2) is 0 Å². The summed E-state index contributed by atoms with van der Waals surface area (Å²) in [6, 6.07) is 3.25. The van der Waals surface area contributed by atoms with Gasteiger partial charge in [0.2, 0.25) is 0 Å². The van der Waals surface area contributed by atoms with Crippen LogP contribution < -0.4 is 5.73 Å². The van der Waals surface area contributed by atoms with Crippen LogP contribution in [0, 0.1) is 0 Å². The van der Waals surface area contributed by atoms with Crippen molar-refractivity contribution in [3.63, 3.8) is 0 Å². The summed E-state index contributed by atoms with van der Waals surface area (Å²) in [5, 5.41) is 10.1. The van der Waals surface area contributed by atoms with Crippen molar-refractivity contribution < 1.29 is 5.11 Å². The van der Waals surface area contributed by atoms with Gasteiger partial charge in [0.1, 0.15) is 0 Å². The highest BCUT2D eigenvalue weighted by molar-refractivity contribution is 7.97. The normalized spacial score (nSPS) is 10.8. The monoisotopic (exact) mass is 218 g/mol. The minimum absolute atomic E-state index is 0.0474. The molecule has 0 bridgehead atoms. The van der Waals surface area contributed by atoms with Crippen molar-refractivity contribution in [2.45, 2.75) is 4.90 Å². The lowest BCUT2D eigenvalue weighted by Crippen LogP contribution is -1.99. The van der Waals surface area contributed by atoms with Crippen LogP contribution in [0.5, 0.6) is 5.75 Å². The third-order valence-electron chi connectivity index (χ3n) is 1.39. The number of phenols is 1. The lowest BCUT2D eigenvalue weighted by atomic mass is 10.3. The fourth-order valence-electron chi connectivity index (χ4n) is 0.831. The highest BCUT2D eigenvalue weighted by Gasteiger charge is 2.11. The van der Waals surface area contributed by atoms with Crippen LogP contribution in [0.1, 0.15) is 0 Å². The summed E-state index contributed by atoms with van der Waals surface area (Å²) in [4.78, 5) is 0.590. The molecule has 0 unspecified atom stereocenters. The molecule has 0 aliphatic heterocycles. The Morgan fingerprint density at radius 2 is 2.08 bits per heavy atom. The van der Waals surface area contributed by atoms with E-state index in [2.05, 4.69) is 0 Å². The summed E-state index contributed by atoms with van der Waals surface area (Å²) in [5.41, 5.74) is 5.87. The van der Waals surface area contributed by atoms with E-state index in [1.54, 1.807) is 12.1 Å². The SMILES string of the molecule is CN(C)Sc1c(Cl)ccc(N)c1O. The zero-order valence-corrected chi connectivity index (χ0v) is 8.99. The average molecular weight is 219 g/mol. The summed E-state index contributed by atoms with van der Waals surface area (Å²) in [7, 11) is 3.73. The molecule has 13 heavy (non-hydrogen) atoms. The molecule has 0 aliphatic carbocycles. The van der Waals surface area contributed by atoms with Crippen molar-refractivity contribution in [3.8, 4) is 5.75 Å². The maximum absolute atomic E-state index is 9.57. The van der Waals surface area contributed by atoms with Crippen LogP contribution in [-0.4, -0.2) is 23.5 Å². The number of halogens is 1. The zero-order valence-electron chi connectivity index (χ0n) is 7.41. The van der Waals surface area contributed by atoms with Gasteiger partial charge in [0.05, 0.1) is 15.6 Å². The van der Waals surface area contributed by atoms with Gasteiger partial charge < -0.3 is 10.8 Å². The second-order valence-corrected chi connectivity index (χ2v) is 4.45. The first-order valence-electron chi connectivity index (χ1n) is 3.64. The third kappa shape index (κ3) is 2.43. The first-order chi connectivity index (χ1) is 6.02. The number of hydrogen-bond donors (Lipinski definition) is 2. The van der Waals surface area contributed by atoms with Crippen LogP contribution in [0.25, 0.3) is 0 Å². The number of anilines is 1. The predicted octanol–water partition coefficient (Wildman–Crippen LogP) is 2.20. The van der Waals surface area contributed by atoms with E-state index in [1.165, 1.54) is 11.9 Å². The quantitative estimate of drug-likeness (QED) is 0.454. The molecule has 1 aromatic carbocycles. The number of aromatic hydroxyl groups is 1. The highest BCUT2D eigenvalue weighted by Crippen LogP contribution is 2.39. The molecule has 5 heteroatoms. The van der Waals surface area contributed by atoms with Crippen LogP contribution >= 0.6 is 23.5 Å². The van der Waals surface area contributed by atoms with E-state index in [1.807, 2.05) is 18.4 Å². The second kappa shape index (κ2) is 4.09. The van der Waals surface area contributed by atoms with Gasteiger partial charge in [-0.15, -0.1) is 0 Å². The van der Waals surface area contributed by atoms with Crippen LogP contribution in [-0.2, 0) is 0 Å². The molecule has 3 N–H and O–H groups in total. The molecule has 0 fully saturated rings. The number of phenolic OH excluding ortho intramolecular Hbond substituents is 1. The van der Waals surface area contributed by atoms with Crippen molar-refractivity contribution in [2.24, 2.45) is 0 Å². The van der Waals surface area contributed by atoms with Crippen molar-refractivity contribution >= 4 is 29.2 Å². The van der Waals surface area contributed by atoms with Gasteiger partial charge in [-0.2, -0.15) is 0 Å². The number of nitrogen functional groups attached to an aromatic ring is 1. The topological polar surface area (TPSA) is 49.5 Å². The molecule has 72 valence electrons. The van der Waals surface area contributed by atoms with E-state index in [0.717, 1.165) is 0 Å². The van der Waals surface area contributed by atoms with E-state index < -0.39 is 0 Å². The van der Waals surface area contributed by atoms with Crippen molar-refractivity contribution in [1.29, 1.82) is 0 Å². The third-order valence-corrected chi connectivity index (χ3v) is 2.78. The standard InChI is InChI=1S/C8H11ClN2OS/c1-11(2)13-8-5(9)3-4-6(10)7(8)12/h3-4,12H,10H2,1-2H3. The molecule has 0 saturated carbocycles. The van der Waals surface area contributed by atoms with Gasteiger partial charge in [-0.05, 0) is 38.2 Å². The largest absolute Gasteiger partial charge is 0.505 e. The molecule has 0 radical (unpaired) electrons. The van der Waals surface area contributed by atoms with E-state index in [4.69, 9.17) is 17.3 Å². The number of benzene rings is 1. The molecule has 0 amide bonds. The van der Waals surface area contributed by atoms with Gasteiger partial charge >= 0.3 is 0 Å². The summed E-state index contributed by atoms with van der Waals surface area (Å²) >= 11 is 7.22. The first kappa shape index (κ1) is 10.5. The molecule has 0 heterocycles. The van der Waals surface area contributed by atoms with Gasteiger partial charge in [-0.1, -0.05) is 11.6 Å². The average Bonchev–Trinajstić information content (AvgIpc) is 2.05. The number of hydrogen-bond acceptors (Lipinski definition) is 4. The molecule has 0 aromatic heterocycles. The molecule has 0 atom stereocenters. The minimum atomic E-state index is 0.0474. The van der Waals surface area contributed by atoms with Crippen LogP contribution in [0.4, 0.5) is 5.69 Å². The van der Waals surface area contributed by atoms with E-state index in [-0.39, 0.29) is 5.75 Å². The van der Waals surface area contributed by atoms with Crippen LogP contribution in [0.2, 0.25) is 5.02 Å². The van der Waals surface area contributed by atoms with Crippen molar-refractivity contribution in [2.75, 3.05) is 19.8 Å². The summed E-state index contributed by atoms with van der Waals surface area (Å²) in [5.74, 6) is 0.0474. The van der Waals surface area contributed by atoms with E-state index in [0.29, 0.717) is 15.6 Å². The van der Waals surface area contributed by atoms with Gasteiger partial charge in [0, 0.05) is 0 Å². The maximum atomic E-state index is 9.57. The maximum Gasteiger partial charge on any atom is 0.154 e. The predicted molar refractivity (Wildman–Crippen MR) is 57.1 cm³/mol. The molecule has 0 aliphatic rings. The van der Waals surface area contributed by atoms with Gasteiger partial charge in [0.15, 0.2) is 5.75 Å². The smallest absolute Gasteiger partial charge is 0.154 e. The Kier molecular flexibility index (Phi) is 3.30. The lowest BCUT2D eigenvalue weighted by Gasteiger charge is -2.12. The van der Waals surface area contributed by atoms with Crippen molar-refractivity contribution in [1.82, 2.24) is 4.31 Å². The number of rotatable bonds is 2. The second-order valence-electron chi connectivity index (χ2n) is 2.72. The Bertz CT molecular complexity index is 317. The molecule has 1 rings (SSSR count). The summed E-state index contributed by atoms with van der Waals surface area (Å²) < 4.78 is 1.83. The summed E-state index contributed by atoms with van der Waals surface area (Å²) in [6.07, 6.45) is 0. The molecule has 1 aromatic rings. The zero-order chi connectivity index (χ0) is 10.0. The molecular formula is C8H11ClN2OS. The van der Waals surface area contributed by atoms with E-state index in [9.17, 15) is 5.11 Å². The molecule has 3 nitrogen and oxygen atoms in total. The minimum Gasteiger partial charge on any atom is -0.505 e. The molecule has 0 saturated heterocycles. The van der Waals surface area contributed by atoms with Gasteiger partial charge in [0.25, 0.3) is 0 Å². The number of nitrogens with two attached hydrogens (primary N) is 1. The summed E-state index contributed by atoms with van der Waals surface area (Å²) in [6.45, 7) is 0. The fourth-order valence-corrected chi connectivity index (χ4v) is 1.81. The Hall–Kier alpha value is -0.580. The first-order valence-corrected chi connectivity index (χ1v) is 4.79. The lowest BCUT2D eigenvalue weighted by molar-refractivity contribution is 0.464. The Balaban J connectivity index is 3.10. The van der Waals surface area contributed by atoms with Gasteiger partial charge in [-0.3, -0.25) is 4.31 Å². The highest BCUT2D eigenvalue weighted by atomic mass is 35.5. The Labute approximate surface area is 86.6 Å². The van der Waals surface area contributed by atoms with E-state index >= 15 is 0 Å².